The molecule has 0 aromatic rings. The lowest BCUT2D eigenvalue weighted by Crippen LogP contribution is -2.04. The predicted molar refractivity (Wildman–Crippen MR) is 71.9 cm³/mol. The van der Waals surface area contributed by atoms with Crippen LogP contribution < -0.4 is 0 Å². The molecule has 1 fully saturated rings. The fourth-order valence-electron chi connectivity index (χ4n) is 3.02. The van der Waals surface area contributed by atoms with Crippen molar-refractivity contribution in [1.29, 1.82) is 0 Å². The molecule has 1 heteroatoms. The molecule has 0 saturated carbocycles. The van der Waals surface area contributed by atoms with E-state index < -0.39 is 0 Å². The lowest BCUT2D eigenvalue weighted by atomic mass is 10.00. The molecule has 0 N–H and O–H groups in total. The highest BCUT2D eigenvalue weighted by Crippen LogP contribution is 2.32. The van der Waals surface area contributed by atoms with Crippen LogP contribution in [0.2, 0.25) is 15.8 Å². The van der Waals surface area contributed by atoms with Gasteiger partial charge in [0, 0.05) is 0 Å². The van der Waals surface area contributed by atoms with Crippen LogP contribution in [-0.2, 0) is 0 Å². The van der Waals surface area contributed by atoms with Gasteiger partial charge in [0.05, 0.1) is 0 Å². The summed E-state index contributed by atoms with van der Waals surface area (Å²) in [5.74, 6) is 1.16. The summed E-state index contributed by atoms with van der Waals surface area (Å²) in [6, 6.07) is 0. The fraction of sp³-hybridized carbons (Fsp3) is 1.00. The Kier molecular flexibility index (Phi) is 7.85. The summed E-state index contributed by atoms with van der Waals surface area (Å²) in [4.78, 5) is 0. The molecule has 0 amide bonds. The van der Waals surface area contributed by atoms with E-state index in [-0.39, 0.29) is 14.1 Å². The molecule has 0 radical (unpaired) electrons. The van der Waals surface area contributed by atoms with E-state index in [4.69, 9.17) is 0 Å². The van der Waals surface area contributed by atoms with Gasteiger partial charge in [-0.1, -0.05) is 87.0 Å². The van der Waals surface area contributed by atoms with Gasteiger partial charge in [-0.2, -0.15) is 0 Å². The summed E-state index contributed by atoms with van der Waals surface area (Å²) in [5, 5.41) is 4.91. The molecule has 0 spiro atoms. The molecule has 1 heterocycles. The van der Waals surface area contributed by atoms with E-state index in [0.717, 1.165) is 5.92 Å². The second kappa shape index (κ2) is 8.66. The van der Waals surface area contributed by atoms with Gasteiger partial charge in [0.2, 0.25) is 0 Å². The largest absolute Gasteiger partial charge is 0.261 e. The summed E-state index contributed by atoms with van der Waals surface area (Å²) >= 11 is -0.188. The maximum atomic E-state index is 2.42. The van der Waals surface area contributed by atoms with E-state index in [1.807, 2.05) is 0 Å². The average molecular weight is 224 g/mol. The van der Waals surface area contributed by atoms with E-state index in [2.05, 4.69) is 13.8 Å². The van der Waals surface area contributed by atoms with E-state index in [1.54, 1.807) is 28.7 Å². The molecule has 1 rings (SSSR count). The second-order valence-corrected chi connectivity index (χ2v) is 9.11. The Balaban J connectivity index is 1.88. The number of unbranched alkanes of at least 4 members (excludes halogenated alkanes) is 5. The number of hydrogen-bond acceptors (Lipinski definition) is 0. The van der Waals surface area contributed by atoms with Crippen molar-refractivity contribution in [3.63, 3.8) is 0 Å². The van der Waals surface area contributed by atoms with Gasteiger partial charge in [-0.25, -0.2) is 0 Å². The minimum absolute atomic E-state index is 0.188. The summed E-state index contributed by atoms with van der Waals surface area (Å²) in [6.45, 7) is 4.72. The Hall–Kier alpha value is 0.532. The molecule has 88 valence electrons. The van der Waals surface area contributed by atoms with Gasteiger partial charge in [-0.15, -0.1) is 0 Å². The number of rotatable bonds is 8. The van der Waals surface area contributed by atoms with Crippen LogP contribution in [-0.4, -0.2) is 14.1 Å². The van der Waals surface area contributed by atoms with Gasteiger partial charge < -0.3 is 0 Å². The first-order chi connectivity index (χ1) is 7.36. The SMILES string of the molecule is CCCCCCCCC1C[CH2][Al]([CH2]C)[CH2]1. The topological polar surface area (TPSA) is 0 Å². The highest BCUT2D eigenvalue weighted by molar-refractivity contribution is 6.59. The van der Waals surface area contributed by atoms with Crippen LogP contribution in [0, 0.1) is 5.92 Å². The normalized spacial score (nSPS) is 21.2. The van der Waals surface area contributed by atoms with Gasteiger partial charge in [-0.05, 0) is 0 Å². The van der Waals surface area contributed by atoms with Crippen molar-refractivity contribution in [1.82, 2.24) is 0 Å². The smallest absolute Gasteiger partial charge is 0.0967 e. The monoisotopic (exact) mass is 224 g/mol. The van der Waals surface area contributed by atoms with Gasteiger partial charge in [0.15, 0.2) is 0 Å². The van der Waals surface area contributed by atoms with E-state index >= 15 is 0 Å². The third-order valence-electron chi connectivity index (χ3n) is 4.19. The summed E-state index contributed by atoms with van der Waals surface area (Å²) < 4.78 is 0. The van der Waals surface area contributed by atoms with Crippen LogP contribution in [0.25, 0.3) is 0 Å². The molecule has 1 atom stereocenters. The Bertz CT molecular complexity index is 144. The molecule has 1 unspecified atom stereocenters. The first kappa shape index (κ1) is 13.6. The van der Waals surface area contributed by atoms with Crippen molar-refractivity contribution in [2.45, 2.75) is 81.1 Å². The molecule has 0 aromatic carbocycles. The molecule has 0 aliphatic carbocycles. The average Bonchev–Trinajstić information content (AvgIpc) is 2.71. The third-order valence-corrected chi connectivity index (χ3v) is 7.83. The van der Waals surface area contributed by atoms with Crippen LogP contribution in [0.5, 0.6) is 0 Å². The minimum atomic E-state index is -0.188. The molecule has 0 nitrogen and oxygen atoms in total. The maximum absolute atomic E-state index is 2.42. The Morgan fingerprint density at radius 3 is 2.40 bits per heavy atom. The molecule has 0 aromatic heterocycles. The standard InChI is InChI=1S/C12H24.C2H5.Al/c1-4-6-7-8-9-10-11-12(3)5-2;1-2;/h12H,2-11H2,1H3;1H2,2H3;. The van der Waals surface area contributed by atoms with Crippen LogP contribution in [0.3, 0.4) is 0 Å². The van der Waals surface area contributed by atoms with Gasteiger partial charge in [-0.3, -0.25) is 0 Å². The molecule has 1 saturated heterocycles. The quantitative estimate of drug-likeness (QED) is 0.389. The zero-order valence-electron chi connectivity index (χ0n) is 10.9. The first-order valence-corrected chi connectivity index (χ1v) is 9.81. The highest BCUT2D eigenvalue weighted by Gasteiger charge is 2.27. The van der Waals surface area contributed by atoms with Crippen molar-refractivity contribution in [2.24, 2.45) is 5.92 Å². The Morgan fingerprint density at radius 1 is 1.00 bits per heavy atom. The van der Waals surface area contributed by atoms with Crippen molar-refractivity contribution in [3.05, 3.63) is 0 Å². The third kappa shape index (κ3) is 5.98. The molecule has 1 aliphatic rings. The van der Waals surface area contributed by atoms with Crippen LogP contribution in [0.4, 0.5) is 0 Å². The predicted octanol–water partition coefficient (Wildman–Crippen LogP) is 5.27. The van der Waals surface area contributed by atoms with Crippen LogP contribution >= 0.6 is 0 Å². The summed E-state index contributed by atoms with van der Waals surface area (Å²) in [5.41, 5.74) is 0. The lowest BCUT2D eigenvalue weighted by molar-refractivity contribution is 0.486. The Labute approximate surface area is 101 Å². The molecular weight excluding hydrogens is 195 g/mol. The first-order valence-electron chi connectivity index (χ1n) is 7.36. The van der Waals surface area contributed by atoms with E-state index in [1.165, 1.54) is 38.5 Å². The minimum Gasteiger partial charge on any atom is -0.0967 e. The highest BCUT2D eigenvalue weighted by atomic mass is 27.2. The van der Waals surface area contributed by atoms with Crippen LogP contribution in [0.1, 0.15) is 65.2 Å². The van der Waals surface area contributed by atoms with Gasteiger partial charge in [0.1, 0.15) is 0 Å². The van der Waals surface area contributed by atoms with E-state index in [0.29, 0.717) is 0 Å². The van der Waals surface area contributed by atoms with E-state index in [9.17, 15) is 0 Å². The van der Waals surface area contributed by atoms with Crippen molar-refractivity contribution in [3.8, 4) is 0 Å². The lowest BCUT2D eigenvalue weighted by Gasteiger charge is -2.09. The van der Waals surface area contributed by atoms with Crippen molar-refractivity contribution >= 4 is 14.1 Å². The Morgan fingerprint density at radius 2 is 1.73 bits per heavy atom. The second-order valence-electron chi connectivity index (χ2n) is 5.51. The van der Waals surface area contributed by atoms with Crippen LogP contribution in [0.15, 0.2) is 0 Å². The molecule has 15 heavy (non-hydrogen) atoms. The molecular formula is C14H29Al. The number of hydrogen-bond donors (Lipinski definition) is 0. The maximum Gasteiger partial charge on any atom is 0.261 e. The summed E-state index contributed by atoms with van der Waals surface area (Å²) in [7, 11) is 0. The van der Waals surface area contributed by atoms with Gasteiger partial charge in [0.25, 0.3) is 14.1 Å². The van der Waals surface area contributed by atoms with Gasteiger partial charge >= 0.3 is 0 Å². The molecule has 1 aliphatic heterocycles. The summed E-state index contributed by atoms with van der Waals surface area (Å²) in [6.07, 6.45) is 12.0. The zero-order valence-corrected chi connectivity index (χ0v) is 12.1. The van der Waals surface area contributed by atoms with Crippen molar-refractivity contribution < 1.29 is 0 Å². The molecule has 0 bridgehead atoms. The fourth-order valence-corrected chi connectivity index (χ4v) is 6.36. The zero-order chi connectivity index (χ0) is 10.9. The van der Waals surface area contributed by atoms with Crippen molar-refractivity contribution in [2.75, 3.05) is 0 Å².